The molecule has 2 fully saturated rings. The van der Waals surface area contributed by atoms with E-state index in [0.29, 0.717) is 6.04 Å². The summed E-state index contributed by atoms with van der Waals surface area (Å²) in [6.07, 6.45) is 8.69. The van der Waals surface area contributed by atoms with E-state index < -0.39 is 0 Å². The SMILES string of the molecule is O=C1CCC(CC2CCCC2)N1. The Morgan fingerprint density at radius 2 is 2.00 bits per heavy atom. The molecule has 0 aromatic rings. The van der Waals surface area contributed by atoms with Crippen molar-refractivity contribution in [2.45, 2.75) is 51.0 Å². The van der Waals surface area contributed by atoms with Crippen LogP contribution < -0.4 is 5.32 Å². The Balaban J connectivity index is 1.75. The summed E-state index contributed by atoms with van der Waals surface area (Å²) in [7, 11) is 0. The molecule has 68 valence electrons. The van der Waals surface area contributed by atoms with Crippen molar-refractivity contribution in [2.75, 3.05) is 0 Å². The van der Waals surface area contributed by atoms with Gasteiger partial charge in [0.15, 0.2) is 0 Å². The molecular weight excluding hydrogens is 150 g/mol. The molecule has 1 aliphatic heterocycles. The summed E-state index contributed by atoms with van der Waals surface area (Å²) >= 11 is 0. The Labute approximate surface area is 73.7 Å². The molecule has 1 atom stereocenters. The van der Waals surface area contributed by atoms with Gasteiger partial charge in [0.25, 0.3) is 0 Å². The fourth-order valence-electron chi connectivity index (χ4n) is 2.50. The van der Waals surface area contributed by atoms with E-state index in [2.05, 4.69) is 5.32 Å². The van der Waals surface area contributed by atoms with Crippen molar-refractivity contribution in [3.05, 3.63) is 0 Å². The summed E-state index contributed by atoms with van der Waals surface area (Å²) in [6, 6.07) is 0.514. The zero-order valence-electron chi connectivity index (χ0n) is 7.51. The Kier molecular flexibility index (Phi) is 2.33. The molecule has 2 heteroatoms. The second-order valence-corrected chi connectivity index (χ2v) is 4.19. The lowest BCUT2D eigenvalue weighted by Crippen LogP contribution is -2.26. The van der Waals surface area contributed by atoms with Crippen LogP contribution in [0.1, 0.15) is 44.9 Å². The lowest BCUT2D eigenvalue weighted by molar-refractivity contribution is -0.119. The van der Waals surface area contributed by atoms with Gasteiger partial charge >= 0.3 is 0 Å². The number of carbonyl (C=O) groups excluding carboxylic acids is 1. The Morgan fingerprint density at radius 3 is 2.58 bits per heavy atom. The first-order chi connectivity index (χ1) is 5.84. The van der Waals surface area contributed by atoms with Crippen LogP contribution in [-0.4, -0.2) is 11.9 Å². The highest BCUT2D eigenvalue weighted by Gasteiger charge is 2.25. The molecule has 0 aromatic heterocycles. The molecule has 2 aliphatic rings. The van der Waals surface area contributed by atoms with E-state index in [1.54, 1.807) is 0 Å². The van der Waals surface area contributed by atoms with Crippen LogP contribution in [-0.2, 0) is 4.79 Å². The molecule has 1 saturated carbocycles. The predicted octanol–water partition coefficient (Wildman–Crippen LogP) is 1.85. The van der Waals surface area contributed by atoms with Gasteiger partial charge in [0.2, 0.25) is 5.91 Å². The van der Waals surface area contributed by atoms with E-state index in [4.69, 9.17) is 0 Å². The maximum atomic E-state index is 10.9. The van der Waals surface area contributed by atoms with Gasteiger partial charge in [-0.3, -0.25) is 4.79 Å². The fraction of sp³-hybridized carbons (Fsp3) is 0.900. The maximum absolute atomic E-state index is 10.9. The Hall–Kier alpha value is -0.530. The molecule has 1 saturated heterocycles. The Bertz CT molecular complexity index is 173. The van der Waals surface area contributed by atoms with E-state index in [9.17, 15) is 4.79 Å². The highest BCUT2D eigenvalue weighted by atomic mass is 16.1. The van der Waals surface area contributed by atoms with Crippen LogP contribution in [0, 0.1) is 5.92 Å². The van der Waals surface area contributed by atoms with Gasteiger partial charge in [-0.1, -0.05) is 25.7 Å². The van der Waals surface area contributed by atoms with Gasteiger partial charge in [0, 0.05) is 12.5 Å². The van der Waals surface area contributed by atoms with Gasteiger partial charge in [0.1, 0.15) is 0 Å². The Morgan fingerprint density at radius 1 is 1.25 bits per heavy atom. The van der Waals surface area contributed by atoms with Gasteiger partial charge in [0.05, 0.1) is 0 Å². The van der Waals surface area contributed by atoms with Crippen molar-refractivity contribution in [3.63, 3.8) is 0 Å². The number of nitrogens with one attached hydrogen (secondary N) is 1. The van der Waals surface area contributed by atoms with Crippen LogP contribution in [0.25, 0.3) is 0 Å². The summed E-state index contributed by atoms with van der Waals surface area (Å²) in [5, 5.41) is 3.04. The van der Waals surface area contributed by atoms with Crippen molar-refractivity contribution in [2.24, 2.45) is 5.92 Å². The van der Waals surface area contributed by atoms with Crippen LogP contribution in [0.2, 0.25) is 0 Å². The van der Waals surface area contributed by atoms with Gasteiger partial charge in [-0.05, 0) is 18.8 Å². The molecule has 2 nitrogen and oxygen atoms in total. The van der Waals surface area contributed by atoms with Gasteiger partial charge < -0.3 is 5.32 Å². The molecule has 1 aliphatic carbocycles. The first-order valence-corrected chi connectivity index (χ1v) is 5.14. The molecule has 2 rings (SSSR count). The van der Waals surface area contributed by atoms with Crippen LogP contribution in [0.4, 0.5) is 0 Å². The highest BCUT2D eigenvalue weighted by Crippen LogP contribution is 2.30. The first kappa shape index (κ1) is 8.09. The molecule has 1 unspecified atom stereocenters. The molecule has 0 spiro atoms. The second-order valence-electron chi connectivity index (χ2n) is 4.19. The van der Waals surface area contributed by atoms with Gasteiger partial charge in [-0.25, -0.2) is 0 Å². The maximum Gasteiger partial charge on any atom is 0.220 e. The minimum absolute atomic E-state index is 0.262. The van der Waals surface area contributed by atoms with Crippen LogP contribution >= 0.6 is 0 Å². The number of rotatable bonds is 2. The number of amides is 1. The third-order valence-corrected chi connectivity index (χ3v) is 3.18. The summed E-state index contributed by atoms with van der Waals surface area (Å²) in [6.45, 7) is 0. The summed E-state index contributed by atoms with van der Waals surface area (Å²) in [5.74, 6) is 1.17. The average Bonchev–Trinajstić information content (AvgIpc) is 2.63. The fourth-order valence-corrected chi connectivity index (χ4v) is 2.50. The molecule has 0 aromatic carbocycles. The number of hydrogen-bond acceptors (Lipinski definition) is 1. The number of hydrogen-bond donors (Lipinski definition) is 1. The molecule has 1 heterocycles. The second kappa shape index (κ2) is 3.46. The zero-order valence-corrected chi connectivity index (χ0v) is 7.51. The summed E-state index contributed by atoms with van der Waals surface area (Å²) < 4.78 is 0. The van der Waals surface area contributed by atoms with E-state index in [0.717, 1.165) is 18.8 Å². The van der Waals surface area contributed by atoms with Crippen LogP contribution in [0.3, 0.4) is 0 Å². The molecule has 12 heavy (non-hydrogen) atoms. The van der Waals surface area contributed by atoms with Gasteiger partial charge in [-0.2, -0.15) is 0 Å². The standard InChI is InChI=1S/C10H17NO/c12-10-6-5-9(11-10)7-8-3-1-2-4-8/h8-9H,1-7H2,(H,11,12). The molecular formula is C10H17NO. The topological polar surface area (TPSA) is 29.1 Å². The van der Waals surface area contributed by atoms with Gasteiger partial charge in [-0.15, -0.1) is 0 Å². The zero-order chi connectivity index (χ0) is 8.39. The lowest BCUT2D eigenvalue weighted by atomic mass is 9.98. The largest absolute Gasteiger partial charge is 0.353 e. The minimum Gasteiger partial charge on any atom is -0.353 e. The van der Waals surface area contributed by atoms with Crippen LogP contribution in [0.5, 0.6) is 0 Å². The summed E-state index contributed by atoms with van der Waals surface area (Å²) in [5.41, 5.74) is 0. The minimum atomic E-state index is 0.262. The van der Waals surface area contributed by atoms with Crippen molar-refractivity contribution in [1.82, 2.24) is 5.32 Å². The van der Waals surface area contributed by atoms with E-state index in [-0.39, 0.29) is 5.91 Å². The average molecular weight is 167 g/mol. The molecule has 1 amide bonds. The molecule has 1 N–H and O–H groups in total. The van der Waals surface area contributed by atoms with Crippen molar-refractivity contribution < 1.29 is 4.79 Å². The summed E-state index contributed by atoms with van der Waals surface area (Å²) in [4.78, 5) is 10.9. The quantitative estimate of drug-likeness (QED) is 0.668. The van der Waals surface area contributed by atoms with Crippen molar-refractivity contribution >= 4 is 5.91 Å². The third kappa shape index (κ3) is 1.79. The van der Waals surface area contributed by atoms with E-state index in [1.807, 2.05) is 0 Å². The van der Waals surface area contributed by atoms with Crippen molar-refractivity contribution in [1.29, 1.82) is 0 Å². The van der Waals surface area contributed by atoms with Crippen molar-refractivity contribution in [3.8, 4) is 0 Å². The highest BCUT2D eigenvalue weighted by molar-refractivity contribution is 5.78. The third-order valence-electron chi connectivity index (χ3n) is 3.18. The predicted molar refractivity (Wildman–Crippen MR) is 47.7 cm³/mol. The first-order valence-electron chi connectivity index (χ1n) is 5.14. The van der Waals surface area contributed by atoms with Crippen LogP contribution in [0.15, 0.2) is 0 Å². The number of carbonyl (C=O) groups is 1. The smallest absolute Gasteiger partial charge is 0.220 e. The van der Waals surface area contributed by atoms with E-state index in [1.165, 1.54) is 32.1 Å². The molecule has 0 bridgehead atoms. The molecule has 0 radical (unpaired) electrons. The monoisotopic (exact) mass is 167 g/mol. The lowest BCUT2D eigenvalue weighted by Gasteiger charge is -2.14. The normalized spacial score (nSPS) is 31.0. The van der Waals surface area contributed by atoms with E-state index >= 15 is 0 Å².